The summed E-state index contributed by atoms with van der Waals surface area (Å²) in [5, 5.41) is 6.91. The quantitative estimate of drug-likeness (QED) is 0.734. The average molecular weight is 363 g/mol. The molecule has 0 bridgehead atoms. The van der Waals surface area contributed by atoms with Gasteiger partial charge in [-0.2, -0.15) is 0 Å². The lowest BCUT2D eigenvalue weighted by Gasteiger charge is -2.02. The van der Waals surface area contributed by atoms with Crippen LogP contribution in [0.2, 0.25) is 10.0 Å². The highest BCUT2D eigenvalue weighted by Gasteiger charge is 2.25. The third-order valence-corrected chi connectivity index (χ3v) is 4.62. The SMILES string of the molecule is CC1NC(=O)c2cc(Cl)ccc21.CC1NC(=O)c2ccc(Cl)cc21. The van der Waals surface area contributed by atoms with Gasteiger partial charge in [-0.05, 0) is 55.3 Å². The molecule has 2 N–H and O–H groups in total. The molecule has 0 aromatic heterocycles. The highest BCUT2D eigenvalue weighted by Crippen LogP contribution is 2.28. The number of fused-ring (bicyclic) bond motifs is 2. The molecule has 0 aliphatic carbocycles. The van der Waals surface area contributed by atoms with Gasteiger partial charge in [-0.3, -0.25) is 9.59 Å². The maximum atomic E-state index is 11.3. The normalized spacial score (nSPS) is 20.5. The Morgan fingerprint density at radius 1 is 0.750 bits per heavy atom. The van der Waals surface area contributed by atoms with Crippen molar-refractivity contribution in [3.63, 3.8) is 0 Å². The molecule has 2 aromatic rings. The molecule has 0 fully saturated rings. The van der Waals surface area contributed by atoms with Crippen molar-refractivity contribution in [2.24, 2.45) is 0 Å². The molecule has 2 atom stereocenters. The van der Waals surface area contributed by atoms with E-state index in [0.29, 0.717) is 15.6 Å². The molecule has 2 heterocycles. The van der Waals surface area contributed by atoms with Crippen molar-refractivity contribution in [3.8, 4) is 0 Å². The third-order valence-electron chi connectivity index (χ3n) is 4.15. The molecule has 2 aromatic carbocycles. The summed E-state index contributed by atoms with van der Waals surface area (Å²) < 4.78 is 0. The summed E-state index contributed by atoms with van der Waals surface area (Å²) in [5.74, 6) is -0.0332. The molecule has 4 rings (SSSR count). The minimum absolute atomic E-state index is 0.00540. The first-order chi connectivity index (χ1) is 11.4. The van der Waals surface area contributed by atoms with E-state index in [4.69, 9.17) is 23.2 Å². The standard InChI is InChI=1S/2C9H8ClNO/c1-5-8-4-6(10)2-3-7(8)9(12)11-5;1-5-7-3-2-6(10)4-8(7)9(12)11-5/h2*2-5H,1H3,(H,11,12). The van der Waals surface area contributed by atoms with Crippen LogP contribution in [-0.4, -0.2) is 11.8 Å². The Hall–Kier alpha value is -2.04. The van der Waals surface area contributed by atoms with E-state index in [0.717, 1.165) is 16.7 Å². The van der Waals surface area contributed by atoms with E-state index in [1.165, 1.54) is 0 Å². The Morgan fingerprint density at radius 3 is 2.00 bits per heavy atom. The van der Waals surface area contributed by atoms with Gasteiger partial charge >= 0.3 is 0 Å². The molecule has 0 saturated carbocycles. The number of carbonyl (C=O) groups is 2. The van der Waals surface area contributed by atoms with Gasteiger partial charge in [0.05, 0.1) is 12.1 Å². The van der Waals surface area contributed by atoms with Crippen LogP contribution in [0.25, 0.3) is 0 Å². The van der Waals surface area contributed by atoms with Gasteiger partial charge in [0.2, 0.25) is 0 Å². The highest BCUT2D eigenvalue weighted by molar-refractivity contribution is 6.31. The maximum Gasteiger partial charge on any atom is 0.252 e. The van der Waals surface area contributed by atoms with Crippen molar-refractivity contribution < 1.29 is 9.59 Å². The molecule has 2 aliphatic heterocycles. The number of nitrogens with one attached hydrogen (secondary N) is 2. The minimum atomic E-state index is -0.0278. The molecule has 24 heavy (non-hydrogen) atoms. The second-order valence-corrected chi connectivity index (χ2v) is 6.73. The van der Waals surface area contributed by atoms with Crippen LogP contribution in [0.15, 0.2) is 36.4 Å². The topological polar surface area (TPSA) is 58.2 Å². The van der Waals surface area contributed by atoms with Gasteiger partial charge in [-0.15, -0.1) is 0 Å². The van der Waals surface area contributed by atoms with E-state index in [-0.39, 0.29) is 23.9 Å². The van der Waals surface area contributed by atoms with Crippen LogP contribution in [0.5, 0.6) is 0 Å². The number of hydrogen-bond donors (Lipinski definition) is 2. The van der Waals surface area contributed by atoms with Crippen LogP contribution in [0.3, 0.4) is 0 Å². The Kier molecular flexibility index (Phi) is 4.52. The Morgan fingerprint density at radius 2 is 1.29 bits per heavy atom. The lowest BCUT2D eigenvalue weighted by Crippen LogP contribution is -2.16. The predicted molar refractivity (Wildman–Crippen MR) is 94.7 cm³/mol. The Balaban J connectivity index is 0.000000141. The van der Waals surface area contributed by atoms with Crippen LogP contribution >= 0.6 is 23.2 Å². The molecule has 2 amide bonds. The zero-order valence-corrected chi connectivity index (χ0v) is 14.7. The van der Waals surface area contributed by atoms with E-state index < -0.39 is 0 Å². The van der Waals surface area contributed by atoms with Crippen LogP contribution < -0.4 is 10.6 Å². The molecule has 0 radical (unpaired) electrons. The monoisotopic (exact) mass is 362 g/mol. The fourth-order valence-electron chi connectivity index (χ4n) is 2.91. The van der Waals surface area contributed by atoms with Crippen LogP contribution in [0, 0.1) is 0 Å². The van der Waals surface area contributed by atoms with Gasteiger partial charge in [0.1, 0.15) is 0 Å². The van der Waals surface area contributed by atoms with E-state index in [1.807, 2.05) is 26.0 Å². The Labute approximate surface area is 150 Å². The molecular weight excluding hydrogens is 347 g/mol. The first kappa shape index (κ1) is 16.8. The second-order valence-electron chi connectivity index (χ2n) is 5.85. The number of carbonyl (C=O) groups excluding carboxylic acids is 2. The van der Waals surface area contributed by atoms with Crippen LogP contribution in [-0.2, 0) is 0 Å². The number of benzene rings is 2. The van der Waals surface area contributed by atoms with E-state index in [2.05, 4.69) is 10.6 Å². The van der Waals surface area contributed by atoms with Crippen molar-refractivity contribution in [3.05, 3.63) is 68.7 Å². The molecule has 0 spiro atoms. The number of amides is 2. The smallest absolute Gasteiger partial charge is 0.252 e. The van der Waals surface area contributed by atoms with Gasteiger partial charge < -0.3 is 10.6 Å². The largest absolute Gasteiger partial charge is 0.345 e. The number of hydrogen-bond acceptors (Lipinski definition) is 2. The molecule has 2 aliphatic rings. The Bertz CT molecular complexity index is 836. The van der Waals surface area contributed by atoms with Crippen LogP contribution in [0.1, 0.15) is 57.8 Å². The molecule has 4 nitrogen and oxygen atoms in total. The van der Waals surface area contributed by atoms with E-state index in [9.17, 15) is 9.59 Å². The first-order valence-electron chi connectivity index (χ1n) is 7.57. The highest BCUT2D eigenvalue weighted by atomic mass is 35.5. The first-order valence-corrected chi connectivity index (χ1v) is 8.33. The predicted octanol–water partition coefficient (Wildman–Crippen LogP) is 4.29. The summed E-state index contributed by atoms with van der Waals surface area (Å²) in [5.41, 5.74) is 3.47. The zero-order chi connectivity index (χ0) is 17.4. The minimum Gasteiger partial charge on any atom is -0.345 e. The van der Waals surface area contributed by atoms with Gasteiger partial charge in [0.25, 0.3) is 11.8 Å². The maximum absolute atomic E-state index is 11.3. The van der Waals surface area contributed by atoms with Crippen LogP contribution in [0.4, 0.5) is 0 Å². The van der Waals surface area contributed by atoms with E-state index >= 15 is 0 Å². The molecule has 0 saturated heterocycles. The molecule has 2 unspecified atom stereocenters. The summed E-state index contributed by atoms with van der Waals surface area (Å²) in [6.07, 6.45) is 0. The summed E-state index contributed by atoms with van der Waals surface area (Å²) in [6, 6.07) is 10.9. The zero-order valence-electron chi connectivity index (χ0n) is 13.2. The fourth-order valence-corrected chi connectivity index (χ4v) is 3.26. The van der Waals surface area contributed by atoms with Crippen molar-refractivity contribution in [2.75, 3.05) is 0 Å². The van der Waals surface area contributed by atoms with Crippen molar-refractivity contribution >= 4 is 35.0 Å². The summed E-state index contributed by atoms with van der Waals surface area (Å²) in [7, 11) is 0. The van der Waals surface area contributed by atoms with Gasteiger partial charge in [0, 0.05) is 21.2 Å². The molecular formula is C18H16Cl2N2O2. The fraction of sp³-hybridized carbons (Fsp3) is 0.222. The molecule has 124 valence electrons. The lowest BCUT2D eigenvalue weighted by molar-refractivity contribution is 0.0950. The number of rotatable bonds is 0. The van der Waals surface area contributed by atoms with Crippen molar-refractivity contribution in [1.82, 2.24) is 10.6 Å². The average Bonchev–Trinajstić information content (AvgIpc) is 2.96. The summed E-state index contributed by atoms with van der Waals surface area (Å²) in [4.78, 5) is 22.5. The number of halogens is 2. The van der Waals surface area contributed by atoms with Gasteiger partial charge in [-0.25, -0.2) is 0 Å². The van der Waals surface area contributed by atoms with Gasteiger partial charge in [-0.1, -0.05) is 29.3 Å². The molecule has 6 heteroatoms. The van der Waals surface area contributed by atoms with Crippen molar-refractivity contribution in [1.29, 1.82) is 0 Å². The van der Waals surface area contributed by atoms with Crippen molar-refractivity contribution in [2.45, 2.75) is 25.9 Å². The third kappa shape index (κ3) is 3.12. The summed E-state index contributed by atoms with van der Waals surface area (Å²) >= 11 is 11.6. The lowest BCUT2D eigenvalue weighted by atomic mass is 10.1. The summed E-state index contributed by atoms with van der Waals surface area (Å²) in [6.45, 7) is 3.90. The van der Waals surface area contributed by atoms with Gasteiger partial charge in [0.15, 0.2) is 0 Å². The second kappa shape index (κ2) is 6.46. The van der Waals surface area contributed by atoms with E-state index in [1.54, 1.807) is 24.3 Å².